The van der Waals surface area contributed by atoms with Crippen molar-refractivity contribution in [2.45, 2.75) is 53.2 Å². The molecule has 0 bridgehead atoms. The maximum atomic E-state index is 5.86. The summed E-state index contributed by atoms with van der Waals surface area (Å²) in [6.45, 7) is 12.5. The lowest BCUT2D eigenvalue weighted by Crippen LogP contribution is -2.14. The summed E-state index contributed by atoms with van der Waals surface area (Å²) in [6.07, 6.45) is 6.97. The van der Waals surface area contributed by atoms with E-state index in [-0.39, 0.29) is 0 Å². The van der Waals surface area contributed by atoms with Crippen molar-refractivity contribution >= 4 is 10.0 Å². The molecule has 118 valence electrons. The van der Waals surface area contributed by atoms with Gasteiger partial charge in [-0.1, -0.05) is 27.7 Å². The largest absolute Gasteiger partial charge is 0.358 e. The van der Waals surface area contributed by atoms with Crippen molar-refractivity contribution in [3.05, 3.63) is 17.0 Å². The second-order valence-electron chi connectivity index (χ2n) is 7.03. The van der Waals surface area contributed by atoms with Gasteiger partial charge in [0.15, 0.2) is 0 Å². The van der Waals surface area contributed by atoms with Gasteiger partial charge >= 0.3 is 0 Å². The molecule has 0 N–H and O–H groups in total. The van der Waals surface area contributed by atoms with Crippen LogP contribution in [-0.2, 0) is 11.5 Å². The Kier molecular flexibility index (Phi) is 6.14. The molecule has 0 radical (unpaired) electrons. The lowest BCUT2D eigenvalue weighted by Gasteiger charge is -2.24. The van der Waals surface area contributed by atoms with Gasteiger partial charge in [0, 0.05) is 11.4 Å². The predicted molar refractivity (Wildman–Crippen MR) is 91.3 cm³/mol. The zero-order valence-corrected chi connectivity index (χ0v) is 15.3. The first-order valence-electron chi connectivity index (χ1n) is 7.44. The van der Waals surface area contributed by atoms with Crippen LogP contribution in [0.4, 0.5) is 0 Å². The monoisotopic (exact) mass is 300 g/mol. The summed E-state index contributed by atoms with van der Waals surface area (Å²) in [5, 5.41) is 4.69. The first-order chi connectivity index (χ1) is 9.13. The number of hydrogen-bond donors (Lipinski definition) is 0. The minimum Gasteiger partial charge on any atom is -0.358 e. The third kappa shape index (κ3) is 4.81. The molecule has 4 heteroatoms. The molecule has 1 aromatic rings. The average Bonchev–Trinajstić information content (AvgIpc) is 2.60. The normalized spacial score (nSPS) is 13.5. The number of nitrogens with zero attached hydrogens (tertiary/aromatic N) is 2. The van der Waals surface area contributed by atoms with Crippen LogP contribution >= 0.6 is 10.0 Å². The highest BCUT2D eigenvalue weighted by atomic mass is 32.3. The maximum absolute atomic E-state index is 5.86. The van der Waals surface area contributed by atoms with Gasteiger partial charge in [-0.15, -0.1) is 0 Å². The molecule has 1 rings (SSSR count). The molecular weight excluding hydrogens is 268 g/mol. The molecule has 1 heterocycles. The van der Waals surface area contributed by atoms with Gasteiger partial charge in [0.25, 0.3) is 0 Å². The predicted octanol–water partition coefficient (Wildman–Crippen LogP) is 4.11. The number of rotatable bonds is 7. The summed E-state index contributed by atoms with van der Waals surface area (Å²) in [7, 11) is -0.476. The highest BCUT2D eigenvalue weighted by molar-refractivity contribution is 8.32. The molecule has 0 amide bonds. The molecule has 0 aliphatic carbocycles. The van der Waals surface area contributed by atoms with Crippen molar-refractivity contribution in [1.29, 1.82) is 0 Å². The van der Waals surface area contributed by atoms with Crippen molar-refractivity contribution in [3.63, 3.8) is 0 Å². The quantitative estimate of drug-likeness (QED) is 0.709. The molecule has 0 saturated heterocycles. The number of aromatic nitrogens is 2. The molecular formula is C16H32N2OS. The fraction of sp³-hybridized carbons (Fsp3) is 0.812. The Balaban J connectivity index is 2.78. The Labute approximate surface area is 126 Å². The topological polar surface area (TPSA) is 27.1 Å². The maximum Gasteiger partial charge on any atom is 0.139 e. The van der Waals surface area contributed by atoms with Crippen molar-refractivity contribution in [3.8, 4) is 0 Å². The molecule has 3 nitrogen and oxygen atoms in total. The first-order valence-corrected chi connectivity index (χ1v) is 10.5. The fourth-order valence-corrected chi connectivity index (χ4v) is 3.11. The van der Waals surface area contributed by atoms with E-state index in [2.05, 4.69) is 63.2 Å². The highest BCUT2D eigenvalue weighted by Crippen LogP contribution is 2.33. The Hall–Kier alpha value is -0.480. The third-order valence-electron chi connectivity index (χ3n) is 3.39. The summed E-state index contributed by atoms with van der Waals surface area (Å²) in [4.78, 5) is 0. The van der Waals surface area contributed by atoms with Crippen LogP contribution < -0.4 is 0 Å². The van der Waals surface area contributed by atoms with Gasteiger partial charge in [-0.3, -0.25) is 0 Å². The van der Waals surface area contributed by atoms with Crippen LogP contribution in [0.1, 0.15) is 56.5 Å². The van der Waals surface area contributed by atoms with Crippen LogP contribution in [0.2, 0.25) is 0 Å². The molecule has 1 aromatic heterocycles. The van der Waals surface area contributed by atoms with Gasteiger partial charge in [0.2, 0.25) is 0 Å². The lowest BCUT2D eigenvalue weighted by molar-refractivity contribution is 0.0779. The van der Waals surface area contributed by atoms with E-state index in [4.69, 9.17) is 4.74 Å². The van der Waals surface area contributed by atoms with Gasteiger partial charge in [0.05, 0.1) is 12.3 Å². The van der Waals surface area contributed by atoms with E-state index in [9.17, 15) is 0 Å². The van der Waals surface area contributed by atoms with Crippen LogP contribution in [0.5, 0.6) is 0 Å². The molecule has 0 aliphatic heterocycles. The second-order valence-corrected chi connectivity index (χ2v) is 11.6. The molecule has 20 heavy (non-hydrogen) atoms. The zero-order chi connectivity index (χ0) is 15.5. The van der Waals surface area contributed by atoms with Crippen LogP contribution in [0.3, 0.4) is 0 Å². The van der Waals surface area contributed by atoms with E-state index in [0.717, 1.165) is 18.1 Å². The van der Waals surface area contributed by atoms with Crippen LogP contribution in [0, 0.1) is 6.92 Å². The zero-order valence-electron chi connectivity index (χ0n) is 14.5. The van der Waals surface area contributed by atoms with E-state index < -0.39 is 10.0 Å². The Bertz CT molecular complexity index is 430. The average molecular weight is 301 g/mol. The molecule has 0 atom stereocenters. The lowest BCUT2D eigenvalue weighted by atomic mass is 9.95. The van der Waals surface area contributed by atoms with Gasteiger partial charge in [0.1, 0.15) is 6.73 Å². The van der Waals surface area contributed by atoms with E-state index in [1.165, 1.54) is 11.3 Å². The summed E-state index contributed by atoms with van der Waals surface area (Å²) in [5.74, 6) is 2.15. The summed E-state index contributed by atoms with van der Waals surface area (Å²) in [5.41, 5.74) is 3.87. The Morgan fingerprint density at radius 2 is 1.70 bits per heavy atom. The van der Waals surface area contributed by atoms with Crippen LogP contribution in [0.15, 0.2) is 0 Å². The minimum atomic E-state index is -0.476. The van der Waals surface area contributed by atoms with Crippen molar-refractivity contribution in [2.24, 2.45) is 0 Å². The summed E-state index contributed by atoms with van der Waals surface area (Å²) in [6, 6.07) is 0. The molecule has 0 unspecified atom stereocenters. The standard InChI is InChI=1S/C16H32N2OS/c1-12(2)15-14(5)17-18(16(15)13(3)4)11-19-9-10-20(6,7)8/h12-13H,9-11H2,1-8H3. The number of ether oxygens (including phenoxy) is 1. The van der Waals surface area contributed by atoms with Crippen molar-refractivity contribution in [2.75, 3.05) is 31.1 Å². The Morgan fingerprint density at radius 3 is 2.15 bits per heavy atom. The van der Waals surface area contributed by atoms with E-state index in [0.29, 0.717) is 18.6 Å². The van der Waals surface area contributed by atoms with Crippen molar-refractivity contribution < 1.29 is 4.74 Å². The van der Waals surface area contributed by atoms with E-state index in [1.54, 1.807) is 0 Å². The SMILES string of the molecule is Cc1nn(COCCS(C)(C)C)c(C(C)C)c1C(C)C. The van der Waals surface area contributed by atoms with Crippen molar-refractivity contribution in [1.82, 2.24) is 9.78 Å². The highest BCUT2D eigenvalue weighted by Gasteiger charge is 2.20. The number of hydrogen-bond acceptors (Lipinski definition) is 2. The van der Waals surface area contributed by atoms with Crippen LogP contribution in [0.25, 0.3) is 0 Å². The molecule has 0 fully saturated rings. The smallest absolute Gasteiger partial charge is 0.139 e. The molecule has 0 saturated carbocycles. The van der Waals surface area contributed by atoms with Gasteiger partial charge < -0.3 is 4.74 Å². The van der Waals surface area contributed by atoms with E-state index >= 15 is 0 Å². The summed E-state index contributed by atoms with van der Waals surface area (Å²) >= 11 is 0. The summed E-state index contributed by atoms with van der Waals surface area (Å²) < 4.78 is 7.92. The van der Waals surface area contributed by atoms with Gasteiger partial charge in [-0.2, -0.15) is 5.10 Å². The Morgan fingerprint density at radius 1 is 1.10 bits per heavy atom. The molecule has 0 spiro atoms. The minimum absolute atomic E-state index is 0.476. The molecule has 0 aromatic carbocycles. The number of aryl methyl sites for hydroxylation is 1. The van der Waals surface area contributed by atoms with E-state index in [1.807, 2.05) is 0 Å². The van der Waals surface area contributed by atoms with Gasteiger partial charge in [-0.25, -0.2) is 14.7 Å². The van der Waals surface area contributed by atoms with Crippen LogP contribution in [-0.4, -0.2) is 40.9 Å². The fourth-order valence-electron chi connectivity index (χ4n) is 2.49. The molecule has 0 aliphatic rings. The second kappa shape index (κ2) is 6.99. The van der Waals surface area contributed by atoms with Gasteiger partial charge in [-0.05, 0) is 43.1 Å². The third-order valence-corrected chi connectivity index (χ3v) is 4.78. The first kappa shape index (κ1) is 17.6.